The topological polar surface area (TPSA) is 89.7 Å². The van der Waals surface area contributed by atoms with Crippen LogP contribution in [0, 0.1) is 0 Å². The Morgan fingerprint density at radius 2 is 2.38 bits per heavy atom. The number of nitrogens with two attached hydrogens (primary N) is 1. The third kappa shape index (κ3) is 1.16. The van der Waals surface area contributed by atoms with Crippen LogP contribution in [-0.2, 0) is 10.3 Å². The lowest BCUT2D eigenvalue weighted by Crippen LogP contribution is -2.23. The summed E-state index contributed by atoms with van der Waals surface area (Å²) in [5.74, 6) is 0.214. The first-order chi connectivity index (χ1) is 7.69. The Balaban J connectivity index is 2.25. The van der Waals surface area contributed by atoms with Crippen LogP contribution in [0.15, 0.2) is 18.7 Å². The van der Waals surface area contributed by atoms with Crippen LogP contribution in [0.5, 0.6) is 0 Å². The normalized spacial score (nSPS) is 23.8. The molecule has 2 aromatic rings. The fraction of sp³-hybridized carbons (Fsp3) is 0.300. The first-order valence-corrected chi connectivity index (χ1v) is 4.99. The summed E-state index contributed by atoms with van der Waals surface area (Å²) < 4.78 is 5.58. The number of H-pyrrole nitrogens is 1. The molecular weight excluding hydrogens is 206 g/mol. The van der Waals surface area contributed by atoms with Gasteiger partial charge >= 0.3 is 0 Å². The number of imidazole rings is 1. The molecular formula is C10H11N5O. The van der Waals surface area contributed by atoms with E-state index in [1.54, 1.807) is 12.6 Å². The summed E-state index contributed by atoms with van der Waals surface area (Å²) in [6.45, 7) is 1.97. The predicted molar refractivity (Wildman–Crippen MR) is 58.3 cm³/mol. The van der Waals surface area contributed by atoms with Gasteiger partial charge in [-0.15, -0.1) is 0 Å². The number of aromatic amines is 1. The molecule has 0 radical (unpaired) electrons. The second-order valence-electron chi connectivity index (χ2n) is 3.96. The summed E-state index contributed by atoms with van der Waals surface area (Å²) in [5, 5.41) is 0. The number of aromatic nitrogens is 4. The lowest BCUT2D eigenvalue weighted by Gasteiger charge is -2.23. The van der Waals surface area contributed by atoms with Gasteiger partial charge in [0.2, 0.25) is 5.95 Å². The maximum Gasteiger partial charge on any atom is 0.222 e. The number of nitrogens with zero attached hydrogens (tertiary/aromatic N) is 3. The largest absolute Gasteiger partial charge is 0.489 e. The molecule has 3 rings (SSSR count). The molecule has 1 unspecified atom stereocenters. The lowest BCUT2D eigenvalue weighted by molar-refractivity contribution is 0.0581. The van der Waals surface area contributed by atoms with Crippen molar-refractivity contribution in [1.29, 1.82) is 0 Å². The van der Waals surface area contributed by atoms with E-state index in [2.05, 4.69) is 19.9 Å². The number of ether oxygens (including phenoxy) is 1. The van der Waals surface area contributed by atoms with Crippen molar-refractivity contribution in [2.75, 3.05) is 5.73 Å². The molecule has 6 heteroatoms. The highest BCUT2D eigenvalue weighted by Gasteiger charge is 2.34. The van der Waals surface area contributed by atoms with Crippen molar-refractivity contribution in [2.24, 2.45) is 0 Å². The molecule has 0 saturated carbocycles. The van der Waals surface area contributed by atoms with Crippen LogP contribution >= 0.6 is 0 Å². The van der Waals surface area contributed by atoms with Crippen molar-refractivity contribution in [3.63, 3.8) is 0 Å². The van der Waals surface area contributed by atoms with E-state index < -0.39 is 5.60 Å². The molecule has 1 aliphatic heterocycles. The van der Waals surface area contributed by atoms with E-state index in [1.165, 1.54) is 0 Å². The zero-order chi connectivity index (χ0) is 11.2. The van der Waals surface area contributed by atoms with E-state index in [-0.39, 0.29) is 5.95 Å². The zero-order valence-electron chi connectivity index (χ0n) is 8.77. The van der Waals surface area contributed by atoms with E-state index in [4.69, 9.17) is 10.5 Å². The van der Waals surface area contributed by atoms with Crippen molar-refractivity contribution < 1.29 is 4.74 Å². The molecule has 3 N–H and O–H groups in total. The number of rotatable bonds is 1. The molecule has 16 heavy (non-hydrogen) atoms. The maximum absolute atomic E-state index is 5.66. The van der Waals surface area contributed by atoms with E-state index in [0.717, 1.165) is 17.6 Å². The highest BCUT2D eigenvalue weighted by molar-refractivity contribution is 5.74. The first-order valence-electron chi connectivity index (χ1n) is 4.99. The molecule has 0 aliphatic carbocycles. The minimum absolute atomic E-state index is 0.214. The molecule has 0 saturated heterocycles. The molecule has 1 atom stereocenters. The number of hydrogen-bond donors (Lipinski definition) is 2. The number of fused-ring (bicyclic) bond motifs is 1. The second kappa shape index (κ2) is 2.94. The quantitative estimate of drug-likeness (QED) is 0.746. The first kappa shape index (κ1) is 9.14. The standard InChI is InChI=1S/C10H11N5O/c1-10(3-2-4-16-10)7-6-8(13-5-12-6)15-9(11)14-7/h2,4-5H,3H2,1H3,(H3,11,12,13,14,15). The van der Waals surface area contributed by atoms with Crippen LogP contribution < -0.4 is 5.73 Å². The zero-order valence-corrected chi connectivity index (χ0v) is 8.77. The molecule has 0 fully saturated rings. The lowest BCUT2D eigenvalue weighted by atomic mass is 9.98. The van der Waals surface area contributed by atoms with Gasteiger partial charge in [-0.1, -0.05) is 0 Å². The molecule has 2 aromatic heterocycles. The van der Waals surface area contributed by atoms with Crippen molar-refractivity contribution >= 4 is 17.1 Å². The van der Waals surface area contributed by atoms with Gasteiger partial charge in [0.1, 0.15) is 11.2 Å². The monoisotopic (exact) mass is 217 g/mol. The number of nitrogens with one attached hydrogen (secondary N) is 1. The van der Waals surface area contributed by atoms with Gasteiger partial charge < -0.3 is 15.5 Å². The highest BCUT2D eigenvalue weighted by atomic mass is 16.5. The Kier molecular flexibility index (Phi) is 1.68. The summed E-state index contributed by atoms with van der Waals surface area (Å²) in [6, 6.07) is 0. The molecule has 0 spiro atoms. The summed E-state index contributed by atoms with van der Waals surface area (Å²) in [6.07, 6.45) is 5.98. The third-order valence-corrected chi connectivity index (χ3v) is 2.74. The minimum Gasteiger partial charge on any atom is -0.489 e. The molecule has 6 nitrogen and oxygen atoms in total. The summed E-state index contributed by atoms with van der Waals surface area (Å²) >= 11 is 0. The summed E-state index contributed by atoms with van der Waals surface area (Å²) in [5.41, 5.74) is 7.27. The predicted octanol–water partition coefficient (Wildman–Crippen LogP) is 1.08. The number of hydrogen-bond acceptors (Lipinski definition) is 5. The molecule has 82 valence electrons. The second-order valence-corrected chi connectivity index (χ2v) is 3.96. The van der Waals surface area contributed by atoms with Crippen molar-refractivity contribution in [1.82, 2.24) is 19.9 Å². The van der Waals surface area contributed by atoms with E-state index in [1.807, 2.05) is 13.0 Å². The van der Waals surface area contributed by atoms with Crippen LogP contribution in [0.25, 0.3) is 11.2 Å². The van der Waals surface area contributed by atoms with Gasteiger partial charge in [-0.3, -0.25) is 0 Å². The highest BCUT2D eigenvalue weighted by Crippen LogP contribution is 2.35. The van der Waals surface area contributed by atoms with E-state index in [0.29, 0.717) is 5.65 Å². The average Bonchev–Trinajstić information content (AvgIpc) is 2.85. The average molecular weight is 217 g/mol. The molecule has 3 heterocycles. The van der Waals surface area contributed by atoms with E-state index >= 15 is 0 Å². The van der Waals surface area contributed by atoms with Gasteiger partial charge in [0, 0.05) is 6.42 Å². The molecule has 0 aromatic carbocycles. The number of nitrogen functional groups attached to an aromatic ring is 1. The smallest absolute Gasteiger partial charge is 0.222 e. The Morgan fingerprint density at radius 1 is 1.50 bits per heavy atom. The van der Waals surface area contributed by atoms with Crippen molar-refractivity contribution in [3.8, 4) is 0 Å². The van der Waals surface area contributed by atoms with Crippen LogP contribution in [-0.4, -0.2) is 19.9 Å². The SMILES string of the molecule is CC1(c2nc(N)nc3nc[nH]c23)CC=CO1. The van der Waals surface area contributed by atoms with Crippen molar-refractivity contribution in [2.45, 2.75) is 18.9 Å². The molecule has 1 aliphatic rings. The third-order valence-electron chi connectivity index (χ3n) is 2.74. The fourth-order valence-electron chi connectivity index (χ4n) is 1.90. The Morgan fingerprint density at radius 3 is 3.12 bits per heavy atom. The molecule has 0 amide bonds. The Bertz CT molecular complexity index is 566. The fourth-order valence-corrected chi connectivity index (χ4v) is 1.90. The van der Waals surface area contributed by atoms with Crippen LogP contribution in [0.1, 0.15) is 19.0 Å². The van der Waals surface area contributed by atoms with Crippen LogP contribution in [0.2, 0.25) is 0 Å². The maximum atomic E-state index is 5.66. The number of anilines is 1. The van der Waals surface area contributed by atoms with Crippen molar-refractivity contribution in [3.05, 3.63) is 24.4 Å². The van der Waals surface area contributed by atoms with Gasteiger partial charge in [0.05, 0.1) is 12.6 Å². The van der Waals surface area contributed by atoms with Gasteiger partial charge in [0.25, 0.3) is 0 Å². The Labute approximate surface area is 91.6 Å². The van der Waals surface area contributed by atoms with Gasteiger partial charge in [-0.05, 0) is 13.0 Å². The summed E-state index contributed by atoms with van der Waals surface area (Å²) in [4.78, 5) is 15.4. The van der Waals surface area contributed by atoms with Gasteiger partial charge in [0.15, 0.2) is 11.2 Å². The minimum atomic E-state index is -0.484. The van der Waals surface area contributed by atoms with E-state index in [9.17, 15) is 0 Å². The summed E-state index contributed by atoms with van der Waals surface area (Å²) in [7, 11) is 0. The van der Waals surface area contributed by atoms with Gasteiger partial charge in [-0.25, -0.2) is 9.97 Å². The van der Waals surface area contributed by atoms with Crippen LogP contribution in [0.4, 0.5) is 5.95 Å². The molecule has 0 bridgehead atoms. The van der Waals surface area contributed by atoms with Crippen LogP contribution in [0.3, 0.4) is 0 Å². The Hall–Kier alpha value is -2.11. The van der Waals surface area contributed by atoms with Gasteiger partial charge in [-0.2, -0.15) is 4.98 Å².